The van der Waals surface area contributed by atoms with Gasteiger partial charge in [-0.2, -0.15) is 0 Å². The minimum Gasteiger partial charge on any atom is -0.495 e. The number of hydrogen-bond donors (Lipinski definition) is 1. The highest BCUT2D eigenvalue weighted by Gasteiger charge is 2.10. The molecule has 0 saturated heterocycles. The number of nitrogens with one attached hydrogen (secondary N) is 1. The van der Waals surface area contributed by atoms with Gasteiger partial charge in [-0.3, -0.25) is 0 Å². The molecule has 0 fully saturated rings. The monoisotopic (exact) mass is 373 g/mol. The molecule has 0 atom stereocenters. The van der Waals surface area contributed by atoms with E-state index in [-0.39, 0.29) is 5.82 Å². The van der Waals surface area contributed by atoms with Crippen LogP contribution in [-0.2, 0) is 6.54 Å². The lowest BCUT2D eigenvalue weighted by molar-refractivity contribution is 0.395. The van der Waals surface area contributed by atoms with Crippen LogP contribution in [0.1, 0.15) is 5.56 Å². The van der Waals surface area contributed by atoms with Crippen LogP contribution in [0, 0.1) is 5.82 Å². The summed E-state index contributed by atoms with van der Waals surface area (Å²) in [6.07, 6.45) is 0. The minimum atomic E-state index is -0.291. The second kappa shape index (κ2) is 7.00. The number of methoxy groups -OCH3 is 2. The van der Waals surface area contributed by atoms with Crippen LogP contribution in [0.2, 0.25) is 5.02 Å². The lowest BCUT2D eigenvalue weighted by Gasteiger charge is -2.14. The van der Waals surface area contributed by atoms with Crippen molar-refractivity contribution in [3.05, 3.63) is 51.2 Å². The molecule has 2 rings (SSSR count). The molecule has 0 spiro atoms. The SMILES string of the molecule is COc1cc(OC)c(NCc2cc(F)cc(Br)c2)cc1Cl. The van der Waals surface area contributed by atoms with Crippen molar-refractivity contribution in [3.8, 4) is 11.5 Å². The predicted molar refractivity (Wildman–Crippen MR) is 86.0 cm³/mol. The van der Waals surface area contributed by atoms with Gasteiger partial charge in [-0.05, 0) is 29.8 Å². The highest BCUT2D eigenvalue weighted by molar-refractivity contribution is 9.10. The van der Waals surface area contributed by atoms with E-state index in [1.54, 1.807) is 19.2 Å². The molecule has 0 aliphatic heterocycles. The van der Waals surface area contributed by atoms with Gasteiger partial charge in [0.05, 0.1) is 24.9 Å². The quantitative estimate of drug-likeness (QED) is 0.810. The molecule has 0 saturated carbocycles. The summed E-state index contributed by atoms with van der Waals surface area (Å²) in [5.41, 5.74) is 1.51. The summed E-state index contributed by atoms with van der Waals surface area (Å²) < 4.78 is 24.5. The van der Waals surface area contributed by atoms with E-state index in [1.807, 2.05) is 6.07 Å². The van der Waals surface area contributed by atoms with Gasteiger partial charge >= 0.3 is 0 Å². The van der Waals surface area contributed by atoms with E-state index in [9.17, 15) is 4.39 Å². The molecule has 2 aromatic carbocycles. The van der Waals surface area contributed by atoms with Gasteiger partial charge in [-0.15, -0.1) is 0 Å². The lowest BCUT2D eigenvalue weighted by atomic mass is 10.2. The van der Waals surface area contributed by atoms with Crippen molar-refractivity contribution in [2.75, 3.05) is 19.5 Å². The fourth-order valence-corrected chi connectivity index (χ4v) is 2.66. The third-order valence-corrected chi connectivity index (χ3v) is 3.63. The van der Waals surface area contributed by atoms with Crippen LogP contribution in [0.5, 0.6) is 11.5 Å². The Morgan fingerprint density at radius 2 is 1.81 bits per heavy atom. The minimum absolute atomic E-state index is 0.291. The van der Waals surface area contributed by atoms with Crippen molar-refractivity contribution >= 4 is 33.2 Å². The summed E-state index contributed by atoms with van der Waals surface area (Å²) in [4.78, 5) is 0. The van der Waals surface area contributed by atoms with E-state index in [0.717, 1.165) is 5.56 Å². The molecule has 6 heteroatoms. The topological polar surface area (TPSA) is 30.5 Å². The third kappa shape index (κ3) is 4.02. The van der Waals surface area contributed by atoms with Gasteiger partial charge in [-0.1, -0.05) is 27.5 Å². The molecule has 3 nitrogen and oxygen atoms in total. The van der Waals surface area contributed by atoms with Gasteiger partial charge in [0.1, 0.15) is 17.3 Å². The highest BCUT2D eigenvalue weighted by Crippen LogP contribution is 2.36. The van der Waals surface area contributed by atoms with Gasteiger partial charge in [-0.25, -0.2) is 4.39 Å². The molecule has 0 heterocycles. The Morgan fingerprint density at radius 1 is 1.10 bits per heavy atom. The van der Waals surface area contributed by atoms with Crippen molar-refractivity contribution in [1.29, 1.82) is 0 Å². The van der Waals surface area contributed by atoms with Gasteiger partial charge in [0.15, 0.2) is 0 Å². The van der Waals surface area contributed by atoms with Crippen LogP contribution in [0.4, 0.5) is 10.1 Å². The van der Waals surface area contributed by atoms with Crippen molar-refractivity contribution in [2.24, 2.45) is 0 Å². The second-order valence-corrected chi connectivity index (χ2v) is 5.64. The van der Waals surface area contributed by atoms with E-state index < -0.39 is 0 Å². The molecule has 0 aliphatic carbocycles. The molecule has 0 aromatic heterocycles. The maximum Gasteiger partial charge on any atom is 0.145 e. The number of ether oxygens (including phenoxy) is 2. The highest BCUT2D eigenvalue weighted by atomic mass is 79.9. The first-order chi connectivity index (χ1) is 10.0. The summed E-state index contributed by atoms with van der Waals surface area (Å²) in [6, 6.07) is 8.14. The van der Waals surface area contributed by atoms with Gasteiger partial charge in [0, 0.05) is 17.1 Å². The molecular formula is C15H14BrClFNO2. The maximum absolute atomic E-state index is 13.3. The van der Waals surface area contributed by atoms with Crippen molar-refractivity contribution in [1.82, 2.24) is 0 Å². The Morgan fingerprint density at radius 3 is 2.43 bits per heavy atom. The average Bonchev–Trinajstić information content (AvgIpc) is 2.44. The van der Waals surface area contributed by atoms with Crippen LogP contribution in [0.15, 0.2) is 34.8 Å². The van der Waals surface area contributed by atoms with Crippen LogP contribution in [0.3, 0.4) is 0 Å². The first-order valence-corrected chi connectivity index (χ1v) is 7.31. The summed E-state index contributed by atoms with van der Waals surface area (Å²) >= 11 is 9.37. The third-order valence-electron chi connectivity index (χ3n) is 2.88. The largest absolute Gasteiger partial charge is 0.495 e. The van der Waals surface area contributed by atoms with Crippen LogP contribution in [0.25, 0.3) is 0 Å². The van der Waals surface area contributed by atoms with E-state index >= 15 is 0 Å². The predicted octanol–water partition coefficient (Wildman–Crippen LogP) is 4.87. The van der Waals surface area contributed by atoms with Gasteiger partial charge in [0.2, 0.25) is 0 Å². The fourth-order valence-electron chi connectivity index (χ4n) is 1.91. The number of anilines is 1. The molecule has 2 aromatic rings. The molecule has 0 radical (unpaired) electrons. The Bertz CT molecular complexity index is 632. The number of hydrogen-bond acceptors (Lipinski definition) is 3. The van der Waals surface area contributed by atoms with Crippen LogP contribution < -0.4 is 14.8 Å². The zero-order valence-corrected chi connectivity index (χ0v) is 13.9. The van der Waals surface area contributed by atoms with Gasteiger partial charge in [0.25, 0.3) is 0 Å². The molecular weight excluding hydrogens is 361 g/mol. The summed E-state index contributed by atoms with van der Waals surface area (Å²) in [6.45, 7) is 0.440. The number of benzene rings is 2. The molecule has 1 N–H and O–H groups in total. The second-order valence-electron chi connectivity index (χ2n) is 4.32. The Hall–Kier alpha value is -1.46. The smallest absolute Gasteiger partial charge is 0.145 e. The van der Waals surface area contributed by atoms with E-state index in [0.29, 0.717) is 33.2 Å². The zero-order valence-electron chi connectivity index (χ0n) is 11.5. The molecule has 0 unspecified atom stereocenters. The van der Waals surface area contributed by atoms with Crippen molar-refractivity contribution < 1.29 is 13.9 Å². The Labute approximate surface area is 136 Å². The molecule has 0 aliphatic rings. The molecule has 0 bridgehead atoms. The lowest BCUT2D eigenvalue weighted by Crippen LogP contribution is -2.02. The van der Waals surface area contributed by atoms with Crippen molar-refractivity contribution in [2.45, 2.75) is 6.54 Å². The maximum atomic E-state index is 13.3. The Kier molecular flexibility index (Phi) is 5.31. The number of rotatable bonds is 5. The average molecular weight is 375 g/mol. The standard InChI is InChI=1S/C15H14BrClFNO2/c1-20-14-7-15(21-2)13(6-12(14)17)19-8-9-3-10(16)5-11(18)4-9/h3-7,19H,8H2,1-2H3. The fraction of sp³-hybridized carbons (Fsp3) is 0.200. The Balaban J connectivity index is 2.21. The molecule has 112 valence electrons. The summed E-state index contributed by atoms with van der Waals surface area (Å²) in [5.74, 6) is 0.847. The molecule has 0 amide bonds. The van der Waals surface area contributed by atoms with Gasteiger partial charge < -0.3 is 14.8 Å². The van der Waals surface area contributed by atoms with E-state index in [1.165, 1.54) is 19.2 Å². The zero-order chi connectivity index (χ0) is 15.4. The summed E-state index contributed by atoms with van der Waals surface area (Å²) in [7, 11) is 3.10. The van der Waals surface area contributed by atoms with E-state index in [2.05, 4.69) is 21.2 Å². The first-order valence-electron chi connectivity index (χ1n) is 6.14. The summed E-state index contributed by atoms with van der Waals surface area (Å²) in [5, 5.41) is 3.65. The van der Waals surface area contributed by atoms with Crippen molar-refractivity contribution in [3.63, 3.8) is 0 Å². The normalized spacial score (nSPS) is 10.3. The molecule has 21 heavy (non-hydrogen) atoms. The number of halogens is 3. The van der Waals surface area contributed by atoms with Crippen LogP contribution >= 0.6 is 27.5 Å². The van der Waals surface area contributed by atoms with Crippen LogP contribution in [-0.4, -0.2) is 14.2 Å². The first kappa shape index (κ1) is 15.9. The van der Waals surface area contributed by atoms with E-state index in [4.69, 9.17) is 21.1 Å².